The molecule has 0 saturated carbocycles. The number of benzene rings is 8. The normalized spacial score (nSPS) is 9.30. The van der Waals surface area contributed by atoms with Gasteiger partial charge in [-0.25, -0.2) is 0 Å². The number of phenolic OH excluding ortho intramolecular Hbond substituents is 7. The van der Waals surface area contributed by atoms with E-state index in [4.69, 9.17) is 44.8 Å². The van der Waals surface area contributed by atoms with Crippen molar-refractivity contribution >= 4 is 60.5 Å². The summed E-state index contributed by atoms with van der Waals surface area (Å²) in [5.41, 5.74) is 2.18. The molecule has 0 spiro atoms. The van der Waals surface area contributed by atoms with E-state index in [-0.39, 0.29) is 51.2 Å². The molecular weight excluding hydrogens is 991 g/mol. The minimum Gasteiger partial charge on any atom is -0.508 e. The largest absolute Gasteiger partial charge is 0.508 e. The van der Waals surface area contributed by atoms with Crippen LogP contribution in [0.4, 0.5) is 5.69 Å². The Kier molecular flexibility index (Phi) is 26.5. The molecule has 20 nitrogen and oxygen atoms in total. The molecule has 0 saturated heterocycles. The summed E-state index contributed by atoms with van der Waals surface area (Å²) >= 11 is 0. The Morgan fingerprint density at radius 3 is 1.43 bits per heavy atom. The highest BCUT2D eigenvalue weighted by molar-refractivity contribution is 6.00. The van der Waals surface area contributed by atoms with Crippen LogP contribution < -0.4 is 14.2 Å². The van der Waals surface area contributed by atoms with Crippen molar-refractivity contribution in [2.45, 2.75) is 0 Å². The molecule has 76 heavy (non-hydrogen) atoms. The molecule has 0 unspecified atom stereocenters. The van der Waals surface area contributed by atoms with Crippen LogP contribution in [0.15, 0.2) is 158 Å². The maximum atomic E-state index is 10.7. The summed E-state index contributed by atoms with van der Waals surface area (Å²) in [7, 11) is 4.45. The number of rotatable bonds is 11. The molecule has 8 aromatic rings. The number of aromatic hydroxyl groups is 7. The molecule has 0 radical (unpaired) electrons. The Morgan fingerprint density at radius 1 is 0.395 bits per heavy atom. The number of phenols is 7. The molecule has 8 rings (SSSR count). The molecule has 0 heterocycles. The van der Waals surface area contributed by atoms with Gasteiger partial charge in [0, 0.05) is 34.4 Å². The molecule has 0 atom stereocenters. The lowest BCUT2D eigenvalue weighted by molar-refractivity contribution is -0.385. The lowest BCUT2D eigenvalue weighted by Gasteiger charge is -2.01. The van der Waals surface area contributed by atoms with Crippen molar-refractivity contribution in [2.24, 2.45) is 0 Å². The highest BCUT2D eigenvalue weighted by atomic mass is 16.6. The number of hydrogen-bond donors (Lipinski definition) is 7. The summed E-state index contributed by atoms with van der Waals surface area (Å²) in [6.45, 7) is 0. The number of carbonyl (C=O) groups is 7. The SMILES string of the molecule is COc1ccc(C=O)c(O)c1.COc1ccc(C=O)cc1O.COc1ccc(O)c(C=O)c1.O=Cc1c(O)ccc2ccccc12.O=Cc1ccc(O)cc1.O=Cc1ccc([N+](=O)[O-])c(O)c1.O=Cc1cccc(O)c1. The van der Waals surface area contributed by atoms with E-state index >= 15 is 0 Å². The zero-order chi connectivity index (χ0) is 56.6. The third kappa shape index (κ3) is 20.4. The van der Waals surface area contributed by atoms with Gasteiger partial charge in [-0.2, -0.15) is 0 Å². The number of fused-ring (bicyclic) bond motifs is 1. The van der Waals surface area contributed by atoms with E-state index in [1.165, 1.54) is 88.1 Å². The van der Waals surface area contributed by atoms with Gasteiger partial charge in [-0.1, -0.05) is 42.5 Å². The van der Waals surface area contributed by atoms with E-state index in [1.54, 1.807) is 54.6 Å². The van der Waals surface area contributed by atoms with Crippen LogP contribution in [0.25, 0.3) is 10.8 Å². The van der Waals surface area contributed by atoms with Crippen molar-refractivity contribution in [3.8, 4) is 57.5 Å². The Bertz CT molecular complexity index is 3210. The van der Waals surface area contributed by atoms with Gasteiger partial charge in [0.05, 0.1) is 42.9 Å². The van der Waals surface area contributed by atoms with Crippen LogP contribution >= 0.6 is 0 Å². The average molecular weight is 1040 g/mol. The Balaban J connectivity index is 0.000000304. The molecular formula is C56H49NO19. The minimum atomic E-state index is -0.718. The first-order valence-electron chi connectivity index (χ1n) is 21.5. The average Bonchev–Trinajstić information content (AvgIpc) is 3.44. The molecule has 8 aromatic carbocycles. The van der Waals surface area contributed by atoms with Gasteiger partial charge in [0.15, 0.2) is 36.1 Å². The van der Waals surface area contributed by atoms with E-state index in [0.29, 0.717) is 77.2 Å². The number of nitrogens with zero attached hydrogens (tertiary/aromatic N) is 1. The lowest BCUT2D eigenvalue weighted by atomic mass is 10.0. The van der Waals surface area contributed by atoms with Gasteiger partial charge in [-0.15, -0.1) is 0 Å². The predicted octanol–water partition coefficient (Wildman–Crippen LogP) is 9.52. The van der Waals surface area contributed by atoms with E-state index in [9.17, 15) is 48.8 Å². The number of ether oxygens (including phenoxy) is 3. The number of hydrogen-bond acceptors (Lipinski definition) is 19. The fourth-order valence-corrected chi connectivity index (χ4v) is 5.61. The second-order valence-corrected chi connectivity index (χ2v) is 14.5. The molecule has 0 fully saturated rings. The standard InChI is InChI=1S/C11H8O2.3C8H8O3.C7H5NO4.2C7H6O2/c12-7-10-9-4-2-1-3-8(9)5-6-11(10)13;1-11-7-2-3-8(10)6(4-7)5-9;1-11-7-3-2-6(5-9)8(10)4-7;1-11-8-3-2-6(5-9)4-7(8)10;9-4-5-1-2-6(8(11)12)7(10)3-5;8-5-6-1-3-7(9)4-2-6;8-5-6-2-1-3-7(9)4-6/h1-7,13H;3*2-5,10H,1H3;1-4,10H;2*1-5,9H. The summed E-state index contributed by atoms with van der Waals surface area (Å²) in [6, 6.07) is 39.9. The van der Waals surface area contributed by atoms with Gasteiger partial charge in [0.1, 0.15) is 65.4 Å². The maximum Gasteiger partial charge on any atom is 0.310 e. The highest BCUT2D eigenvalue weighted by Crippen LogP contribution is 2.28. The zero-order valence-electron chi connectivity index (χ0n) is 40.5. The predicted molar refractivity (Wildman–Crippen MR) is 278 cm³/mol. The van der Waals surface area contributed by atoms with Crippen LogP contribution in [0.5, 0.6) is 57.5 Å². The topological polar surface area (TPSA) is 332 Å². The van der Waals surface area contributed by atoms with Gasteiger partial charge >= 0.3 is 5.69 Å². The molecule has 7 N–H and O–H groups in total. The van der Waals surface area contributed by atoms with Crippen LogP contribution in [0, 0.1) is 10.1 Å². The molecule has 0 amide bonds. The number of nitro benzene ring substituents is 1. The van der Waals surface area contributed by atoms with Crippen LogP contribution in [0.3, 0.4) is 0 Å². The molecule has 0 aliphatic rings. The van der Waals surface area contributed by atoms with Crippen LogP contribution in [-0.4, -0.2) is 106 Å². The summed E-state index contributed by atoms with van der Waals surface area (Å²) in [5.74, 6) is 1.21. The Labute approximate surface area is 433 Å². The summed E-state index contributed by atoms with van der Waals surface area (Å²) < 4.78 is 14.4. The first-order chi connectivity index (χ1) is 36.4. The fourth-order valence-electron chi connectivity index (χ4n) is 5.61. The Hall–Kier alpha value is -10.9. The first-order valence-corrected chi connectivity index (χ1v) is 21.5. The minimum absolute atomic E-state index is 0.0166. The van der Waals surface area contributed by atoms with Crippen molar-refractivity contribution in [2.75, 3.05) is 21.3 Å². The van der Waals surface area contributed by atoms with Crippen molar-refractivity contribution in [1.82, 2.24) is 0 Å². The number of methoxy groups -OCH3 is 3. The van der Waals surface area contributed by atoms with Crippen molar-refractivity contribution in [3.63, 3.8) is 0 Å². The van der Waals surface area contributed by atoms with E-state index in [1.807, 2.05) is 24.3 Å². The van der Waals surface area contributed by atoms with E-state index < -0.39 is 16.4 Å². The molecule has 0 aliphatic carbocycles. The first kappa shape index (κ1) is 61.2. The van der Waals surface area contributed by atoms with Gasteiger partial charge in [0.2, 0.25) is 0 Å². The van der Waals surface area contributed by atoms with Gasteiger partial charge < -0.3 is 50.0 Å². The highest BCUT2D eigenvalue weighted by Gasteiger charge is 2.12. The summed E-state index contributed by atoms with van der Waals surface area (Å²) in [5, 5.41) is 75.1. The smallest absolute Gasteiger partial charge is 0.310 e. The lowest BCUT2D eigenvalue weighted by Crippen LogP contribution is -1.89. The summed E-state index contributed by atoms with van der Waals surface area (Å²) in [6.07, 6.45) is 4.45. The van der Waals surface area contributed by atoms with E-state index in [2.05, 4.69) is 0 Å². The van der Waals surface area contributed by atoms with Crippen molar-refractivity contribution in [3.05, 3.63) is 207 Å². The maximum absolute atomic E-state index is 10.7. The Morgan fingerprint density at radius 2 is 0.934 bits per heavy atom. The van der Waals surface area contributed by atoms with Gasteiger partial charge in [0.25, 0.3) is 0 Å². The molecule has 0 aliphatic heterocycles. The van der Waals surface area contributed by atoms with E-state index in [0.717, 1.165) is 29.2 Å². The zero-order valence-corrected chi connectivity index (χ0v) is 40.5. The van der Waals surface area contributed by atoms with Crippen LogP contribution in [0.1, 0.15) is 72.5 Å². The van der Waals surface area contributed by atoms with Gasteiger partial charge in [-0.3, -0.25) is 43.7 Å². The molecule has 20 heteroatoms. The third-order valence-electron chi connectivity index (χ3n) is 9.50. The molecule has 0 aromatic heterocycles. The van der Waals surface area contributed by atoms with Crippen molar-refractivity contribution < 1.29 is 88.4 Å². The number of nitro groups is 1. The molecule has 392 valence electrons. The van der Waals surface area contributed by atoms with Crippen molar-refractivity contribution in [1.29, 1.82) is 0 Å². The third-order valence-corrected chi connectivity index (χ3v) is 9.50. The monoisotopic (exact) mass is 1040 g/mol. The molecule has 0 bridgehead atoms. The number of carbonyl (C=O) groups excluding carboxylic acids is 7. The fraction of sp³-hybridized carbons (Fsp3) is 0.0536. The quantitative estimate of drug-likeness (QED) is 0.0360. The van der Waals surface area contributed by atoms with Crippen LogP contribution in [0.2, 0.25) is 0 Å². The van der Waals surface area contributed by atoms with Crippen LogP contribution in [-0.2, 0) is 0 Å². The summed E-state index contributed by atoms with van der Waals surface area (Å²) in [4.78, 5) is 81.1. The second kappa shape index (κ2) is 32.9. The number of aldehydes is 7. The van der Waals surface area contributed by atoms with Gasteiger partial charge in [-0.05, 0) is 114 Å². The second-order valence-electron chi connectivity index (χ2n) is 14.5.